The minimum atomic E-state index is 0.0129. The van der Waals surface area contributed by atoms with Crippen LogP contribution in [0.2, 0.25) is 0 Å². The molecule has 3 heteroatoms. The number of carbonyl (C=O) groups is 1. The molecule has 1 aromatic heterocycles. The Balaban J connectivity index is 3.23. The van der Waals surface area contributed by atoms with E-state index in [-0.39, 0.29) is 5.78 Å². The molecule has 64 valence electrons. The molecule has 1 aromatic rings. The third kappa shape index (κ3) is 1.44. The van der Waals surface area contributed by atoms with Gasteiger partial charge in [-0.25, -0.2) is 0 Å². The van der Waals surface area contributed by atoms with E-state index in [2.05, 4.69) is 4.98 Å². The van der Waals surface area contributed by atoms with Gasteiger partial charge in [-0.05, 0) is 13.8 Å². The molecule has 0 saturated heterocycles. The number of nitrogens with zero attached hydrogens (tertiary/aromatic N) is 1. The Labute approximate surface area is 71.4 Å². The van der Waals surface area contributed by atoms with Crippen molar-refractivity contribution in [2.24, 2.45) is 0 Å². The quantitative estimate of drug-likeness (QED) is 0.625. The van der Waals surface area contributed by atoms with Crippen molar-refractivity contribution in [3.05, 3.63) is 23.5 Å². The first-order valence-electron chi connectivity index (χ1n) is 3.66. The van der Waals surface area contributed by atoms with E-state index < -0.39 is 0 Å². The second-order valence-corrected chi connectivity index (χ2v) is 2.57. The molecule has 0 saturated carbocycles. The molecule has 3 nitrogen and oxygen atoms in total. The number of hydrogen-bond donors (Lipinski definition) is 0. The number of pyridine rings is 1. The zero-order chi connectivity index (χ0) is 9.14. The molecule has 0 aliphatic rings. The van der Waals surface area contributed by atoms with E-state index >= 15 is 0 Å². The van der Waals surface area contributed by atoms with Gasteiger partial charge in [-0.2, -0.15) is 0 Å². The summed E-state index contributed by atoms with van der Waals surface area (Å²) in [7, 11) is 1.56. The normalized spacial score (nSPS) is 9.58. The fraction of sp³-hybridized carbons (Fsp3) is 0.333. The molecule has 0 atom stereocenters. The Bertz CT molecular complexity index is 307. The van der Waals surface area contributed by atoms with E-state index in [4.69, 9.17) is 4.74 Å². The molecule has 0 amide bonds. The van der Waals surface area contributed by atoms with E-state index in [1.54, 1.807) is 19.5 Å². The molecule has 0 aliphatic heterocycles. The lowest BCUT2D eigenvalue weighted by molar-refractivity contribution is 0.101. The van der Waals surface area contributed by atoms with Crippen LogP contribution in [0.25, 0.3) is 0 Å². The molecule has 0 bridgehead atoms. The maximum absolute atomic E-state index is 11.0. The van der Waals surface area contributed by atoms with Crippen LogP contribution in [0.3, 0.4) is 0 Å². The molecule has 0 N–H and O–H groups in total. The third-order valence-corrected chi connectivity index (χ3v) is 1.77. The molecule has 0 fully saturated rings. The predicted molar refractivity (Wildman–Crippen MR) is 45.5 cm³/mol. The minimum absolute atomic E-state index is 0.0129. The van der Waals surface area contributed by atoms with Crippen LogP contribution >= 0.6 is 0 Å². The fourth-order valence-electron chi connectivity index (χ4n) is 1.07. The monoisotopic (exact) mass is 165 g/mol. The van der Waals surface area contributed by atoms with Gasteiger partial charge in [0.2, 0.25) is 0 Å². The Morgan fingerprint density at radius 1 is 1.50 bits per heavy atom. The van der Waals surface area contributed by atoms with Gasteiger partial charge >= 0.3 is 0 Å². The number of methoxy groups -OCH3 is 1. The van der Waals surface area contributed by atoms with Crippen molar-refractivity contribution < 1.29 is 9.53 Å². The molecule has 0 radical (unpaired) electrons. The van der Waals surface area contributed by atoms with Crippen LogP contribution in [-0.2, 0) is 0 Å². The average molecular weight is 165 g/mol. The average Bonchev–Trinajstić information content (AvgIpc) is 2.04. The summed E-state index contributed by atoms with van der Waals surface area (Å²) in [6.45, 7) is 3.36. The maximum atomic E-state index is 11.0. The summed E-state index contributed by atoms with van der Waals surface area (Å²) >= 11 is 0. The smallest absolute Gasteiger partial charge is 0.161 e. The van der Waals surface area contributed by atoms with Crippen molar-refractivity contribution in [1.29, 1.82) is 0 Å². The van der Waals surface area contributed by atoms with Crippen molar-refractivity contribution in [1.82, 2.24) is 4.98 Å². The Morgan fingerprint density at radius 2 is 2.17 bits per heavy atom. The first kappa shape index (κ1) is 8.71. The molecule has 1 heterocycles. The molecule has 12 heavy (non-hydrogen) atoms. The van der Waals surface area contributed by atoms with E-state index in [9.17, 15) is 4.79 Å². The van der Waals surface area contributed by atoms with E-state index in [1.165, 1.54) is 6.92 Å². The van der Waals surface area contributed by atoms with Crippen molar-refractivity contribution >= 4 is 5.78 Å². The number of ether oxygens (including phenoxy) is 1. The summed E-state index contributed by atoms with van der Waals surface area (Å²) in [5, 5.41) is 0. The Hall–Kier alpha value is -1.38. The summed E-state index contributed by atoms with van der Waals surface area (Å²) in [5.74, 6) is 0.668. The highest BCUT2D eigenvalue weighted by Gasteiger charge is 2.07. The van der Waals surface area contributed by atoms with E-state index in [1.807, 2.05) is 6.92 Å². The SMILES string of the molecule is COc1cncc(C(C)=O)c1C. The number of Topliss-reactive ketones (excluding diaryl/α,β-unsaturated/α-hetero) is 1. The summed E-state index contributed by atoms with van der Waals surface area (Å²) in [4.78, 5) is 14.9. The van der Waals surface area contributed by atoms with Crippen LogP contribution in [0.1, 0.15) is 22.8 Å². The van der Waals surface area contributed by atoms with Crippen LogP contribution in [0.15, 0.2) is 12.4 Å². The van der Waals surface area contributed by atoms with Gasteiger partial charge < -0.3 is 4.74 Å². The van der Waals surface area contributed by atoms with Crippen molar-refractivity contribution in [3.8, 4) is 5.75 Å². The van der Waals surface area contributed by atoms with Crippen LogP contribution < -0.4 is 4.74 Å². The third-order valence-electron chi connectivity index (χ3n) is 1.77. The van der Waals surface area contributed by atoms with Crippen molar-refractivity contribution in [2.45, 2.75) is 13.8 Å². The first-order chi connectivity index (χ1) is 5.66. The lowest BCUT2D eigenvalue weighted by Crippen LogP contribution is -1.99. The number of ketones is 1. The van der Waals surface area contributed by atoms with Gasteiger partial charge in [0.1, 0.15) is 5.75 Å². The Morgan fingerprint density at radius 3 is 2.67 bits per heavy atom. The van der Waals surface area contributed by atoms with Gasteiger partial charge in [0.15, 0.2) is 5.78 Å². The minimum Gasteiger partial charge on any atom is -0.495 e. The van der Waals surface area contributed by atoms with Crippen molar-refractivity contribution in [3.63, 3.8) is 0 Å². The standard InChI is InChI=1S/C9H11NO2/c1-6-8(7(2)11)4-10-5-9(6)12-3/h4-5H,1-3H3. The number of rotatable bonds is 2. The molecular weight excluding hydrogens is 154 g/mol. The number of aromatic nitrogens is 1. The van der Waals surface area contributed by atoms with Gasteiger partial charge in [-0.3, -0.25) is 9.78 Å². The molecule has 0 aliphatic carbocycles. The number of carbonyl (C=O) groups excluding carboxylic acids is 1. The van der Waals surface area contributed by atoms with Crippen LogP contribution in [0.5, 0.6) is 5.75 Å². The topological polar surface area (TPSA) is 39.2 Å². The summed E-state index contributed by atoms with van der Waals surface area (Å²) < 4.78 is 5.02. The lowest BCUT2D eigenvalue weighted by atomic mass is 10.1. The highest BCUT2D eigenvalue weighted by molar-refractivity contribution is 5.95. The summed E-state index contributed by atoms with van der Waals surface area (Å²) in [5.41, 5.74) is 1.47. The number of hydrogen-bond acceptors (Lipinski definition) is 3. The molecule has 0 aromatic carbocycles. The first-order valence-corrected chi connectivity index (χ1v) is 3.66. The van der Waals surface area contributed by atoms with Crippen LogP contribution in [-0.4, -0.2) is 17.9 Å². The fourth-order valence-corrected chi connectivity index (χ4v) is 1.07. The van der Waals surface area contributed by atoms with Gasteiger partial charge in [0, 0.05) is 17.3 Å². The second-order valence-electron chi connectivity index (χ2n) is 2.57. The summed E-state index contributed by atoms with van der Waals surface area (Å²) in [6.07, 6.45) is 3.15. The summed E-state index contributed by atoms with van der Waals surface area (Å²) in [6, 6.07) is 0. The highest BCUT2D eigenvalue weighted by atomic mass is 16.5. The van der Waals surface area contributed by atoms with Gasteiger partial charge in [-0.1, -0.05) is 0 Å². The molecule has 0 spiro atoms. The van der Waals surface area contributed by atoms with Gasteiger partial charge in [0.05, 0.1) is 13.3 Å². The van der Waals surface area contributed by atoms with Crippen molar-refractivity contribution in [2.75, 3.05) is 7.11 Å². The maximum Gasteiger partial charge on any atom is 0.161 e. The predicted octanol–water partition coefficient (Wildman–Crippen LogP) is 1.60. The molecule has 1 rings (SSSR count). The van der Waals surface area contributed by atoms with Gasteiger partial charge in [0.25, 0.3) is 0 Å². The molecular formula is C9H11NO2. The highest BCUT2D eigenvalue weighted by Crippen LogP contribution is 2.19. The van der Waals surface area contributed by atoms with Crippen LogP contribution in [0.4, 0.5) is 0 Å². The van der Waals surface area contributed by atoms with E-state index in [0.717, 1.165) is 5.56 Å². The zero-order valence-electron chi connectivity index (χ0n) is 7.42. The van der Waals surface area contributed by atoms with E-state index in [0.29, 0.717) is 11.3 Å². The van der Waals surface area contributed by atoms with Crippen LogP contribution in [0, 0.1) is 6.92 Å². The lowest BCUT2D eigenvalue weighted by Gasteiger charge is -2.05. The van der Waals surface area contributed by atoms with Gasteiger partial charge in [-0.15, -0.1) is 0 Å². The molecule has 0 unspecified atom stereocenters. The largest absolute Gasteiger partial charge is 0.495 e. The Kier molecular flexibility index (Phi) is 2.43. The zero-order valence-corrected chi connectivity index (χ0v) is 7.42. The second kappa shape index (κ2) is 3.34.